The van der Waals surface area contributed by atoms with Gasteiger partial charge in [0.25, 0.3) is 0 Å². The van der Waals surface area contributed by atoms with Crippen molar-refractivity contribution in [2.45, 2.75) is 13.3 Å². The normalized spacial score (nSPS) is 10.7. The van der Waals surface area contributed by atoms with Crippen molar-refractivity contribution in [2.75, 3.05) is 20.2 Å². The van der Waals surface area contributed by atoms with E-state index in [1.807, 2.05) is 13.0 Å². The van der Waals surface area contributed by atoms with Gasteiger partial charge in [0.2, 0.25) is 5.91 Å². The van der Waals surface area contributed by atoms with Crippen molar-refractivity contribution < 1.29 is 14.3 Å². The van der Waals surface area contributed by atoms with Gasteiger partial charge in [-0.2, -0.15) is 0 Å². The topological polar surface area (TPSA) is 46.6 Å². The third kappa shape index (κ3) is 5.44. The molecular weight excluding hydrogens is 286 g/mol. The number of hydrogen-bond acceptors (Lipinski definition) is 4. The maximum atomic E-state index is 12.0. The third-order valence-corrected chi connectivity index (χ3v) is 3.53. The lowest BCUT2D eigenvalue weighted by Crippen LogP contribution is -2.35. The van der Waals surface area contributed by atoms with Gasteiger partial charge in [-0.1, -0.05) is 18.5 Å². The molecule has 6 heteroatoms. The highest BCUT2D eigenvalue weighted by Crippen LogP contribution is 2.22. The number of carbonyl (C=O) groups excluding carboxylic acids is 2. The number of rotatable bonds is 6. The van der Waals surface area contributed by atoms with E-state index >= 15 is 0 Å². The van der Waals surface area contributed by atoms with Gasteiger partial charge >= 0.3 is 5.97 Å². The molecule has 0 aliphatic carbocycles. The van der Waals surface area contributed by atoms with Crippen LogP contribution in [0.5, 0.6) is 0 Å². The molecule has 0 aliphatic heterocycles. The maximum absolute atomic E-state index is 12.0. The highest BCUT2D eigenvalue weighted by atomic mass is 35.5. The first kappa shape index (κ1) is 15.7. The molecule has 4 nitrogen and oxygen atoms in total. The Morgan fingerprint density at radius 2 is 2.21 bits per heavy atom. The lowest BCUT2D eigenvalue weighted by atomic mass is 10.3. The molecule has 1 rings (SSSR count). The molecule has 1 aromatic rings. The summed E-state index contributed by atoms with van der Waals surface area (Å²) in [4.78, 5) is 25.5. The largest absolute Gasteiger partial charge is 0.468 e. The van der Waals surface area contributed by atoms with Crippen molar-refractivity contribution in [3.63, 3.8) is 0 Å². The van der Waals surface area contributed by atoms with Crippen LogP contribution >= 0.6 is 22.9 Å². The molecule has 0 radical (unpaired) electrons. The van der Waals surface area contributed by atoms with Crippen molar-refractivity contribution in [3.8, 4) is 0 Å². The number of nitrogens with zero attached hydrogens (tertiary/aromatic N) is 1. The molecule has 0 spiro atoms. The summed E-state index contributed by atoms with van der Waals surface area (Å²) in [5.74, 6) is -0.633. The van der Waals surface area contributed by atoms with E-state index in [0.29, 0.717) is 10.9 Å². The van der Waals surface area contributed by atoms with Gasteiger partial charge in [0.05, 0.1) is 11.4 Å². The van der Waals surface area contributed by atoms with Crippen LogP contribution in [0.4, 0.5) is 0 Å². The zero-order valence-electron chi connectivity index (χ0n) is 10.9. The SMILES string of the molecule is CCCN(CC(=O)OC)C(=O)/C=C/c1ccc(Cl)s1. The molecule has 0 aliphatic rings. The predicted molar refractivity (Wildman–Crippen MR) is 77.3 cm³/mol. The third-order valence-electron chi connectivity index (χ3n) is 2.34. The number of amides is 1. The molecule has 19 heavy (non-hydrogen) atoms. The molecule has 0 fully saturated rings. The van der Waals surface area contributed by atoms with Crippen molar-refractivity contribution in [1.29, 1.82) is 0 Å². The van der Waals surface area contributed by atoms with Gasteiger partial charge in [-0.3, -0.25) is 9.59 Å². The summed E-state index contributed by atoms with van der Waals surface area (Å²) in [5.41, 5.74) is 0. The Hall–Kier alpha value is -1.33. The molecular formula is C13H16ClNO3S. The summed E-state index contributed by atoms with van der Waals surface area (Å²) >= 11 is 7.19. The predicted octanol–water partition coefficient (Wildman–Crippen LogP) is 2.83. The fraction of sp³-hybridized carbons (Fsp3) is 0.385. The van der Waals surface area contributed by atoms with Crippen LogP contribution in [0.25, 0.3) is 6.08 Å². The van der Waals surface area contributed by atoms with Gasteiger partial charge in [0, 0.05) is 17.5 Å². The number of methoxy groups -OCH3 is 1. The second-order valence-corrected chi connectivity index (χ2v) is 5.56. The van der Waals surface area contributed by atoms with E-state index in [1.54, 1.807) is 12.1 Å². The average Bonchev–Trinajstić information content (AvgIpc) is 2.81. The number of esters is 1. The minimum atomic E-state index is -0.422. The van der Waals surface area contributed by atoms with Crippen LogP contribution in [-0.4, -0.2) is 37.0 Å². The van der Waals surface area contributed by atoms with E-state index in [0.717, 1.165) is 11.3 Å². The maximum Gasteiger partial charge on any atom is 0.325 e. The van der Waals surface area contributed by atoms with Crippen LogP contribution in [0.3, 0.4) is 0 Å². The van der Waals surface area contributed by atoms with Crippen LogP contribution in [0.15, 0.2) is 18.2 Å². The zero-order valence-corrected chi connectivity index (χ0v) is 12.5. The molecule has 0 saturated carbocycles. The van der Waals surface area contributed by atoms with E-state index in [-0.39, 0.29) is 12.5 Å². The van der Waals surface area contributed by atoms with Crippen molar-refractivity contribution in [1.82, 2.24) is 4.90 Å². The van der Waals surface area contributed by atoms with Crippen molar-refractivity contribution in [3.05, 3.63) is 27.4 Å². The summed E-state index contributed by atoms with van der Waals surface area (Å²) in [6.45, 7) is 2.43. The molecule has 104 valence electrons. The van der Waals surface area contributed by atoms with Gasteiger partial charge in [-0.25, -0.2) is 0 Å². The number of carbonyl (C=O) groups is 2. The number of halogens is 1. The Balaban J connectivity index is 2.65. The Labute approximate surface area is 121 Å². The monoisotopic (exact) mass is 301 g/mol. The minimum Gasteiger partial charge on any atom is -0.468 e. The lowest BCUT2D eigenvalue weighted by molar-refractivity contribution is -0.145. The number of hydrogen-bond donors (Lipinski definition) is 0. The fourth-order valence-corrected chi connectivity index (χ4v) is 2.40. The van der Waals surface area contributed by atoms with Crippen molar-refractivity contribution in [2.24, 2.45) is 0 Å². The quantitative estimate of drug-likeness (QED) is 0.599. The fourth-order valence-electron chi connectivity index (χ4n) is 1.43. The Kier molecular flexibility index (Phi) is 6.59. The van der Waals surface area contributed by atoms with E-state index in [1.165, 1.54) is 29.4 Å². The molecule has 1 heterocycles. The summed E-state index contributed by atoms with van der Waals surface area (Å²) in [5, 5.41) is 0. The first-order chi connectivity index (χ1) is 9.06. The minimum absolute atomic E-state index is 0.0291. The average molecular weight is 302 g/mol. The molecule has 0 bridgehead atoms. The first-order valence-electron chi connectivity index (χ1n) is 5.86. The van der Waals surface area contributed by atoms with Crippen LogP contribution in [-0.2, 0) is 14.3 Å². The Morgan fingerprint density at radius 1 is 1.47 bits per heavy atom. The summed E-state index contributed by atoms with van der Waals surface area (Å²) in [6, 6.07) is 3.61. The molecule has 0 N–H and O–H groups in total. The van der Waals surface area contributed by atoms with Crippen LogP contribution in [0.2, 0.25) is 4.34 Å². The summed E-state index contributed by atoms with van der Waals surface area (Å²) in [6.07, 6.45) is 3.92. The van der Waals surface area contributed by atoms with Crippen LogP contribution in [0.1, 0.15) is 18.2 Å². The van der Waals surface area contributed by atoms with Gasteiger partial charge in [0.15, 0.2) is 0 Å². The van der Waals surface area contributed by atoms with Gasteiger partial charge in [0.1, 0.15) is 6.54 Å². The Morgan fingerprint density at radius 3 is 2.74 bits per heavy atom. The standard InChI is InChI=1S/C13H16ClNO3S/c1-3-8-15(9-13(17)18-2)12(16)7-5-10-4-6-11(14)19-10/h4-7H,3,8-9H2,1-2H3/b7-5+. The summed E-state index contributed by atoms with van der Waals surface area (Å²) < 4.78 is 5.24. The molecule has 0 unspecified atom stereocenters. The van der Waals surface area contributed by atoms with Gasteiger partial charge in [-0.15, -0.1) is 11.3 Å². The Bertz CT molecular complexity index is 470. The van der Waals surface area contributed by atoms with Crippen molar-refractivity contribution >= 4 is 40.9 Å². The lowest BCUT2D eigenvalue weighted by Gasteiger charge is -2.18. The van der Waals surface area contributed by atoms with Gasteiger partial charge < -0.3 is 9.64 Å². The first-order valence-corrected chi connectivity index (χ1v) is 7.05. The molecule has 0 saturated heterocycles. The van der Waals surface area contributed by atoms with E-state index in [4.69, 9.17) is 11.6 Å². The molecule has 1 amide bonds. The second kappa shape index (κ2) is 7.96. The molecule has 0 atom stereocenters. The van der Waals surface area contributed by atoms with Crippen LogP contribution < -0.4 is 0 Å². The second-order valence-electron chi connectivity index (χ2n) is 3.81. The number of thiophene rings is 1. The van der Waals surface area contributed by atoms with E-state index in [2.05, 4.69) is 4.74 Å². The smallest absolute Gasteiger partial charge is 0.325 e. The molecule has 1 aromatic heterocycles. The molecule has 0 aromatic carbocycles. The summed E-state index contributed by atoms with van der Waals surface area (Å²) in [7, 11) is 1.31. The highest BCUT2D eigenvalue weighted by molar-refractivity contribution is 7.17. The van der Waals surface area contributed by atoms with E-state index < -0.39 is 5.97 Å². The highest BCUT2D eigenvalue weighted by Gasteiger charge is 2.14. The number of ether oxygens (including phenoxy) is 1. The van der Waals surface area contributed by atoms with Crippen LogP contribution in [0, 0.1) is 0 Å². The zero-order chi connectivity index (χ0) is 14.3. The van der Waals surface area contributed by atoms with E-state index in [9.17, 15) is 9.59 Å². The van der Waals surface area contributed by atoms with Gasteiger partial charge in [-0.05, 0) is 24.6 Å².